The van der Waals surface area contributed by atoms with Crippen LogP contribution in [-0.4, -0.2) is 6.61 Å². The second kappa shape index (κ2) is 14.1. The highest BCUT2D eigenvalue weighted by atomic mass is 19.3. The van der Waals surface area contributed by atoms with E-state index in [0.29, 0.717) is 17.9 Å². The molecule has 1 aromatic carbocycles. The van der Waals surface area contributed by atoms with E-state index in [1.54, 1.807) is 0 Å². The van der Waals surface area contributed by atoms with Gasteiger partial charge in [-0.3, -0.25) is 0 Å². The van der Waals surface area contributed by atoms with Crippen molar-refractivity contribution in [1.29, 1.82) is 0 Å². The third-order valence-corrected chi connectivity index (χ3v) is 8.16. The molecule has 2 fully saturated rings. The molecule has 0 heterocycles. The van der Waals surface area contributed by atoms with Gasteiger partial charge in [0.25, 0.3) is 0 Å². The van der Waals surface area contributed by atoms with Gasteiger partial charge in [-0.25, -0.2) is 8.78 Å². The number of hydrogen-bond acceptors (Lipinski definition) is 1. The molecule has 3 rings (SSSR count). The summed E-state index contributed by atoms with van der Waals surface area (Å²) < 4.78 is 56.4. The van der Waals surface area contributed by atoms with Crippen molar-refractivity contribution in [3.8, 4) is 5.75 Å². The molecule has 0 spiro atoms. The Bertz CT molecular complexity index is 723. The summed E-state index contributed by atoms with van der Waals surface area (Å²) in [6.07, 6.45) is 23.0. The third-order valence-electron chi connectivity index (χ3n) is 8.16. The largest absolute Gasteiger partial charge is 0.429 e. The van der Waals surface area contributed by atoms with Crippen LogP contribution in [0.15, 0.2) is 24.3 Å². The lowest BCUT2D eigenvalue weighted by molar-refractivity contribution is -0.0546. The van der Waals surface area contributed by atoms with Crippen LogP contribution < -0.4 is 4.74 Å². The van der Waals surface area contributed by atoms with Crippen molar-refractivity contribution in [2.24, 2.45) is 23.7 Å². The maximum atomic E-state index is 14.0. The van der Waals surface area contributed by atoms with Gasteiger partial charge >= 0.3 is 6.61 Å². The molecular weight excluding hydrogens is 440 g/mol. The number of alkyl halides is 2. The first kappa shape index (κ1) is 27.1. The van der Waals surface area contributed by atoms with Gasteiger partial charge in [0.2, 0.25) is 0 Å². The lowest BCUT2D eigenvalue weighted by Crippen LogP contribution is -2.26. The monoisotopic (exact) mass is 482 g/mol. The van der Waals surface area contributed by atoms with E-state index in [1.165, 1.54) is 83.5 Å². The molecular formula is C29H42F4O. The molecule has 2 saturated carbocycles. The third kappa shape index (κ3) is 8.61. The highest BCUT2D eigenvalue weighted by molar-refractivity contribution is 5.31. The average Bonchev–Trinajstić information content (AvgIpc) is 2.83. The van der Waals surface area contributed by atoms with Gasteiger partial charge in [-0.1, -0.05) is 57.6 Å². The average molecular weight is 483 g/mol. The molecule has 0 aliphatic heterocycles. The maximum absolute atomic E-state index is 14.0. The Labute approximate surface area is 203 Å². The summed E-state index contributed by atoms with van der Waals surface area (Å²) >= 11 is 0. The molecule has 34 heavy (non-hydrogen) atoms. The second-order valence-corrected chi connectivity index (χ2v) is 10.6. The summed E-state index contributed by atoms with van der Waals surface area (Å²) in [5.41, 5.74) is 0.512. The van der Waals surface area contributed by atoms with Crippen LogP contribution in [0.25, 0.3) is 0 Å². The Morgan fingerprint density at radius 2 is 1.35 bits per heavy atom. The fraction of sp³-hybridized carbons (Fsp3) is 0.724. The Morgan fingerprint density at radius 3 is 1.88 bits per heavy atom. The topological polar surface area (TPSA) is 9.23 Å². The molecule has 0 N–H and O–H groups in total. The van der Waals surface area contributed by atoms with Gasteiger partial charge < -0.3 is 4.74 Å². The van der Waals surface area contributed by atoms with Crippen molar-refractivity contribution in [2.75, 3.05) is 0 Å². The van der Waals surface area contributed by atoms with Crippen LogP contribution >= 0.6 is 0 Å². The first-order valence-corrected chi connectivity index (χ1v) is 13.5. The summed E-state index contributed by atoms with van der Waals surface area (Å²) in [6, 6.07) is 2.26. The van der Waals surface area contributed by atoms with E-state index < -0.39 is 24.0 Å². The van der Waals surface area contributed by atoms with E-state index in [-0.39, 0.29) is 0 Å². The Kier molecular flexibility index (Phi) is 11.3. The smallest absolute Gasteiger partial charge is 0.387 e. The number of hydrogen-bond donors (Lipinski definition) is 0. The molecule has 5 heteroatoms. The van der Waals surface area contributed by atoms with Gasteiger partial charge in [0.15, 0.2) is 17.4 Å². The standard InChI is InChI=1S/C29H42F4O/c1-2-3-4-5-6-7-8-21-11-15-24(16-12-21)25-17-13-22(14-18-25)9-10-23-19-26(30)28(27(31)20-23)34-29(32)33/h4-5,19-22,24-25,29H,2-3,6-18H2,1H3/b5-4+/t21-,22-,24-,25-. The van der Waals surface area contributed by atoms with Gasteiger partial charge in [0, 0.05) is 0 Å². The van der Waals surface area contributed by atoms with Crippen LogP contribution in [0.1, 0.15) is 102 Å². The number of rotatable bonds is 12. The molecule has 0 radical (unpaired) electrons. The van der Waals surface area contributed by atoms with Crippen LogP contribution in [0, 0.1) is 35.3 Å². The number of unbranched alkanes of at least 4 members (excludes halogenated alkanes) is 2. The first-order chi connectivity index (χ1) is 16.5. The summed E-state index contributed by atoms with van der Waals surface area (Å²) in [7, 11) is 0. The lowest BCUT2D eigenvalue weighted by Gasteiger charge is -2.38. The minimum atomic E-state index is -3.24. The Hall–Kier alpha value is -1.52. The molecule has 0 aromatic heterocycles. The van der Waals surface area contributed by atoms with E-state index in [0.717, 1.165) is 36.3 Å². The zero-order valence-electron chi connectivity index (χ0n) is 20.7. The summed E-state index contributed by atoms with van der Waals surface area (Å²) in [4.78, 5) is 0. The minimum Gasteiger partial charge on any atom is -0.429 e. The molecule has 2 aliphatic carbocycles. The molecule has 0 atom stereocenters. The van der Waals surface area contributed by atoms with Crippen LogP contribution in [0.5, 0.6) is 5.75 Å². The quantitative estimate of drug-likeness (QED) is 0.164. The van der Waals surface area contributed by atoms with Crippen molar-refractivity contribution in [1.82, 2.24) is 0 Å². The van der Waals surface area contributed by atoms with Crippen LogP contribution in [0.2, 0.25) is 0 Å². The van der Waals surface area contributed by atoms with E-state index >= 15 is 0 Å². The normalized spacial score (nSPS) is 25.8. The predicted octanol–water partition coefficient (Wildman–Crippen LogP) is 9.64. The SMILES string of the molecule is CCC/C=C/CCC[C@H]1CC[C@H]([C@H]2CC[C@H](CCc3cc(F)c(OC(F)F)c(F)c3)CC2)CC1. The highest BCUT2D eigenvalue weighted by Crippen LogP contribution is 2.43. The second-order valence-electron chi connectivity index (χ2n) is 10.6. The molecule has 192 valence electrons. The van der Waals surface area contributed by atoms with Gasteiger partial charge in [-0.2, -0.15) is 8.78 Å². The minimum absolute atomic E-state index is 0.512. The molecule has 0 unspecified atom stereocenters. The highest BCUT2D eigenvalue weighted by Gasteiger charge is 2.30. The lowest BCUT2D eigenvalue weighted by atomic mass is 9.68. The molecule has 0 amide bonds. The summed E-state index contributed by atoms with van der Waals surface area (Å²) in [5, 5.41) is 0. The van der Waals surface area contributed by atoms with E-state index in [4.69, 9.17) is 0 Å². The Morgan fingerprint density at radius 1 is 0.824 bits per heavy atom. The molecule has 0 saturated heterocycles. The summed E-state index contributed by atoms with van der Waals surface area (Å²) in [6.45, 7) is -1.02. The van der Waals surface area contributed by atoms with Crippen LogP contribution in [-0.2, 0) is 6.42 Å². The number of aryl methyl sites for hydroxylation is 1. The van der Waals surface area contributed by atoms with Gasteiger partial charge in [-0.05, 0) is 99.2 Å². The van der Waals surface area contributed by atoms with Crippen molar-refractivity contribution in [3.63, 3.8) is 0 Å². The van der Waals surface area contributed by atoms with Gasteiger partial charge in [-0.15, -0.1) is 0 Å². The summed E-state index contributed by atoms with van der Waals surface area (Å²) in [5.74, 6) is 0.131. The van der Waals surface area contributed by atoms with Crippen molar-refractivity contribution in [3.05, 3.63) is 41.5 Å². The fourth-order valence-electron chi connectivity index (χ4n) is 6.15. The van der Waals surface area contributed by atoms with E-state index in [2.05, 4.69) is 23.8 Å². The van der Waals surface area contributed by atoms with E-state index in [1.807, 2.05) is 0 Å². The fourth-order valence-corrected chi connectivity index (χ4v) is 6.15. The van der Waals surface area contributed by atoms with E-state index in [9.17, 15) is 17.6 Å². The molecule has 1 aromatic rings. The first-order valence-electron chi connectivity index (χ1n) is 13.5. The van der Waals surface area contributed by atoms with Crippen molar-refractivity contribution < 1.29 is 22.3 Å². The number of ether oxygens (including phenoxy) is 1. The van der Waals surface area contributed by atoms with Crippen molar-refractivity contribution in [2.45, 2.75) is 110 Å². The molecule has 2 aliphatic rings. The van der Waals surface area contributed by atoms with Gasteiger partial charge in [0.05, 0.1) is 0 Å². The van der Waals surface area contributed by atoms with Crippen LogP contribution in [0.4, 0.5) is 17.6 Å². The van der Waals surface area contributed by atoms with Crippen LogP contribution in [0.3, 0.4) is 0 Å². The van der Waals surface area contributed by atoms with Crippen molar-refractivity contribution >= 4 is 0 Å². The number of halogens is 4. The predicted molar refractivity (Wildman–Crippen MR) is 130 cm³/mol. The number of benzene rings is 1. The molecule has 0 bridgehead atoms. The zero-order chi connectivity index (χ0) is 24.3. The Balaban J connectivity index is 1.33. The molecule has 1 nitrogen and oxygen atoms in total. The number of allylic oxidation sites excluding steroid dienone is 2. The van der Waals surface area contributed by atoms with Gasteiger partial charge in [0.1, 0.15) is 0 Å². The maximum Gasteiger partial charge on any atom is 0.387 e. The zero-order valence-corrected chi connectivity index (χ0v) is 20.7.